The lowest BCUT2D eigenvalue weighted by atomic mass is 10.6. The van der Waals surface area contributed by atoms with Crippen LogP contribution in [0.5, 0.6) is 0 Å². The second-order valence-electron chi connectivity index (χ2n) is 1.61. The molecule has 0 fully saturated rings. The van der Waals surface area contributed by atoms with Crippen molar-refractivity contribution in [2.45, 2.75) is 13.1 Å². The van der Waals surface area contributed by atoms with Crippen molar-refractivity contribution in [3.05, 3.63) is 12.7 Å². The van der Waals surface area contributed by atoms with Gasteiger partial charge in [0.2, 0.25) is 0 Å². The first-order valence-electron chi connectivity index (χ1n) is 2.97. The molecule has 1 N–H and O–H groups in total. The van der Waals surface area contributed by atoms with E-state index in [0.29, 0.717) is 0 Å². The normalized spacial score (nSPS) is 11.8. The van der Waals surface area contributed by atoms with Crippen molar-refractivity contribution in [1.82, 2.24) is 5.32 Å². The van der Waals surface area contributed by atoms with E-state index in [1.807, 2.05) is 6.92 Å². The topological polar surface area (TPSA) is 36.8 Å². The summed E-state index contributed by atoms with van der Waals surface area (Å²) in [5, 5.41) is 10.1. The molecule has 0 aromatic heterocycles. The van der Waals surface area contributed by atoms with Crippen molar-refractivity contribution < 1.29 is 0 Å². The van der Waals surface area contributed by atoms with Gasteiger partial charge >= 0.3 is 0 Å². The number of hydrogen-bond donors (Lipinski definition) is 1. The minimum atomic E-state index is -0.0440. The predicted octanol–water partition coefficient (Wildman–Crippen LogP) is 1.15. The van der Waals surface area contributed by atoms with Gasteiger partial charge in [0, 0.05) is 13.1 Å². The van der Waals surface area contributed by atoms with Gasteiger partial charge in [0.15, 0.2) is 0 Å². The maximum Gasteiger partial charge on any atom is 0.143 e. The molecule has 0 saturated carbocycles. The minimum Gasteiger partial charge on any atom is -0.321 e. The van der Waals surface area contributed by atoms with E-state index < -0.39 is 0 Å². The van der Waals surface area contributed by atoms with Gasteiger partial charge in [0.05, 0.1) is 0 Å². The summed E-state index contributed by atoms with van der Waals surface area (Å²) in [5.74, 6) is 2.64. The lowest BCUT2D eigenvalue weighted by molar-refractivity contribution is 0.648. The van der Waals surface area contributed by atoms with E-state index in [9.17, 15) is 0 Å². The van der Waals surface area contributed by atoms with Crippen LogP contribution in [-0.2, 0) is 0 Å². The highest BCUT2D eigenvalue weighted by atomic mass is 15.2. The Bertz CT molecular complexity index is 173. The third-order valence-corrected chi connectivity index (χ3v) is 0.744. The van der Waals surface area contributed by atoms with Crippen LogP contribution in [0.1, 0.15) is 6.92 Å². The molecule has 0 aromatic carbocycles. The summed E-state index contributed by atoms with van der Waals surface area (Å²) in [6, 6.07) is 2.65. The van der Waals surface area contributed by atoms with E-state index in [2.05, 4.69) is 34.1 Å². The van der Waals surface area contributed by atoms with E-state index in [0.717, 1.165) is 0 Å². The van der Waals surface area contributed by atoms with Crippen LogP contribution in [-0.4, -0.2) is 13.2 Å². The summed E-state index contributed by atoms with van der Waals surface area (Å²) < 4.78 is 0. The largest absolute Gasteiger partial charge is 0.321 e. The third-order valence-electron chi connectivity index (χ3n) is 0.744. The Hall–Kier alpha value is -1.30. The molecule has 0 spiro atoms. The van der Waals surface area contributed by atoms with Crippen LogP contribution in [0.2, 0.25) is 0 Å². The van der Waals surface area contributed by atoms with Gasteiger partial charge in [0.25, 0.3) is 0 Å². The number of azo groups is 1. The Morgan fingerprint density at radius 3 is 2.90 bits per heavy atom. The Morgan fingerprint density at radius 1 is 1.70 bits per heavy atom. The molecule has 0 aliphatic rings. The fraction of sp³-hybridized carbons (Fsp3) is 0.429. The number of nitrogens with one attached hydrogen (secondary N) is 1. The second kappa shape index (κ2) is 5.83. The lowest BCUT2D eigenvalue weighted by Gasteiger charge is -1.98. The minimum absolute atomic E-state index is 0.0440. The summed E-state index contributed by atoms with van der Waals surface area (Å²) in [5.41, 5.74) is 0. The van der Waals surface area contributed by atoms with E-state index in [4.69, 9.17) is 0 Å². The molecule has 0 heterocycles. The van der Waals surface area contributed by atoms with E-state index in [-0.39, 0.29) is 6.17 Å². The molecule has 0 saturated heterocycles. The van der Waals surface area contributed by atoms with Crippen LogP contribution in [0.15, 0.2) is 22.9 Å². The van der Waals surface area contributed by atoms with Crippen LogP contribution in [0, 0.1) is 12.0 Å². The van der Waals surface area contributed by atoms with Crippen molar-refractivity contribution in [2.75, 3.05) is 7.05 Å². The van der Waals surface area contributed by atoms with Crippen LogP contribution < -0.4 is 5.32 Å². The molecular formula is C7H11N3. The van der Waals surface area contributed by atoms with Gasteiger partial charge in [-0.05, 0) is 13.0 Å². The average Bonchev–Trinajstić information content (AvgIpc) is 1.89. The first kappa shape index (κ1) is 8.70. The van der Waals surface area contributed by atoms with Gasteiger partial charge < -0.3 is 5.32 Å². The number of allylic oxidation sites excluding steroid dienone is 1. The molecule has 0 rings (SSSR count). The summed E-state index contributed by atoms with van der Waals surface area (Å²) in [4.78, 5) is 0. The first-order chi connectivity index (χ1) is 4.81. The Balaban J connectivity index is 3.57. The maximum atomic E-state index is 3.77. The molecule has 0 aliphatic heterocycles. The summed E-state index contributed by atoms with van der Waals surface area (Å²) in [6.45, 7) is 5.30. The predicted molar refractivity (Wildman–Crippen MR) is 41.4 cm³/mol. The van der Waals surface area contributed by atoms with Gasteiger partial charge in [-0.25, -0.2) is 0 Å². The molecule has 0 bridgehead atoms. The molecule has 0 radical (unpaired) electrons. The molecule has 0 amide bonds. The summed E-state index contributed by atoms with van der Waals surface area (Å²) in [7, 11) is 1.62. The van der Waals surface area contributed by atoms with Gasteiger partial charge in [0.1, 0.15) is 6.17 Å². The van der Waals surface area contributed by atoms with Gasteiger partial charge in [-0.15, -0.1) is 0 Å². The summed E-state index contributed by atoms with van der Waals surface area (Å²) in [6.07, 6.45) is 1.47. The number of hydrogen-bond acceptors (Lipinski definition) is 3. The van der Waals surface area contributed by atoms with Crippen LogP contribution >= 0.6 is 0 Å². The summed E-state index contributed by atoms with van der Waals surface area (Å²) >= 11 is 0. The lowest BCUT2D eigenvalue weighted by Crippen LogP contribution is -2.17. The van der Waals surface area contributed by atoms with E-state index >= 15 is 0 Å². The zero-order chi connectivity index (χ0) is 7.82. The van der Waals surface area contributed by atoms with Gasteiger partial charge in [-0.2, -0.15) is 10.2 Å². The smallest absolute Gasteiger partial charge is 0.143 e. The van der Waals surface area contributed by atoms with E-state index in [1.54, 1.807) is 7.05 Å². The highest BCUT2D eigenvalue weighted by Gasteiger charge is 1.88. The zero-order valence-corrected chi connectivity index (χ0v) is 6.26. The maximum absolute atomic E-state index is 3.77. The zero-order valence-electron chi connectivity index (χ0n) is 6.26. The second-order valence-corrected chi connectivity index (χ2v) is 1.61. The average molecular weight is 137 g/mol. The van der Waals surface area contributed by atoms with Crippen molar-refractivity contribution >= 4 is 0 Å². The Morgan fingerprint density at radius 2 is 2.40 bits per heavy atom. The van der Waals surface area contributed by atoms with Crippen molar-refractivity contribution in [3.8, 4) is 12.0 Å². The molecular weight excluding hydrogens is 126 g/mol. The molecule has 3 heteroatoms. The Labute approximate surface area is 61.2 Å². The van der Waals surface area contributed by atoms with Crippen LogP contribution in [0.4, 0.5) is 0 Å². The number of nitrogens with zero attached hydrogens (tertiary/aromatic N) is 2. The standard InChI is InChI=1S/C7H11N3/c1-4-5-6-9-7(2)10-8-3/h4,7,9H,1H2,2-3H3. The molecule has 10 heavy (non-hydrogen) atoms. The molecule has 1 atom stereocenters. The third kappa shape index (κ3) is 4.85. The van der Waals surface area contributed by atoms with E-state index in [1.165, 1.54) is 6.08 Å². The molecule has 3 nitrogen and oxygen atoms in total. The van der Waals surface area contributed by atoms with Crippen molar-refractivity contribution in [3.63, 3.8) is 0 Å². The Kier molecular flexibility index (Phi) is 5.07. The van der Waals surface area contributed by atoms with Gasteiger partial charge in [-0.1, -0.05) is 12.5 Å². The fourth-order valence-electron chi connectivity index (χ4n) is 0.399. The number of rotatable bonds is 2. The van der Waals surface area contributed by atoms with Crippen molar-refractivity contribution in [2.24, 2.45) is 10.2 Å². The van der Waals surface area contributed by atoms with Crippen molar-refractivity contribution in [1.29, 1.82) is 0 Å². The fourth-order valence-corrected chi connectivity index (χ4v) is 0.399. The van der Waals surface area contributed by atoms with Crippen LogP contribution in [0.25, 0.3) is 0 Å². The first-order valence-corrected chi connectivity index (χ1v) is 2.97. The quantitative estimate of drug-likeness (QED) is 0.346. The monoisotopic (exact) mass is 137 g/mol. The highest BCUT2D eigenvalue weighted by molar-refractivity contribution is 5.10. The van der Waals surface area contributed by atoms with Gasteiger partial charge in [-0.3, -0.25) is 0 Å². The molecule has 0 aliphatic carbocycles. The molecule has 54 valence electrons. The SMILES string of the molecule is C=CC#CNC(C)N=NC. The highest BCUT2D eigenvalue weighted by Crippen LogP contribution is 1.80. The molecule has 1 unspecified atom stereocenters. The van der Waals surface area contributed by atoms with Crippen LogP contribution in [0.3, 0.4) is 0 Å². The molecule has 0 aromatic rings.